The summed E-state index contributed by atoms with van der Waals surface area (Å²) in [5.41, 5.74) is 0.832. The lowest BCUT2D eigenvalue weighted by Crippen LogP contribution is -2.35. The molecule has 2 heterocycles. The van der Waals surface area contributed by atoms with Gasteiger partial charge in [-0.2, -0.15) is 14.6 Å². The number of unbranched alkanes of at least 4 members (excludes halogenated alkanes) is 1. The Balaban J connectivity index is 1.80. The van der Waals surface area contributed by atoms with Gasteiger partial charge in [0.05, 0.1) is 4.90 Å². The zero-order valence-corrected chi connectivity index (χ0v) is 16.3. The molecule has 0 spiro atoms. The second-order valence-corrected chi connectivity index (χ2v) is 8.52. The van der Waals surface area contributed by atoms with Gasteiger partial charge < -0.3 is 9.73 Å². The molecular formula is C19H24N4O3S. The van der Waals surface area contributed by atoms with Crippen LogP contribution in [-0.4, -0.2) is 37.3 Å². The van der Waals surface area contributed by atoms with Crippen LogP contribution in [0.25, 0.3) is 11.5 Å². The van der Waals surface area contributed by atoms with Crippen LogP contribution in [0, 0.1) is 11.3 Å². The number of sulfonamides is 1. The maximum atomic E-state index is 12.7. The predicted octanol–water partition coefficient (Wildman–Crippen LogP) is 3.60. The van der Waals surface area contributed by atoms with Crippen molar-refractivity contribution in [3.63, 3.8) is 0 Å². The number of anilines is 1. The number of nitrogens with zero attached hydrogens (tertiary/aromatic N) is 3. The number of rotatable bonds is 7. The third-order valence-corrected chi connectivity index (χ3v) is 6.52. The van der Waals surface area contributed by atoms with E-state index >= 15 is 0 Å². The monoisotopic (exact) mass is 388 g/mol. The molecule has 1 aliphatic heterocycles. The number of nitrogens with one attached hydrogen (secondary N) is 1. The van der Waals surface area contributed by atoms with Crippen molar-refractivity contribution in [1.82, 2.24) is 9.29 Å². The quantitative estimate of drug-likeness (QED) is 0.728. The largest absolute Gasteiger partial charge is 0.419 e. The highest BCUT2D eigenvalue weighted by molar-refractivity contribution is 7.89. The van der Waals surface area contributed by atoms with Gasteiger partial charge in [-0.3, -0.25) is 0 Å². The van der Waals surface area contributed by atoms with Gasteiger partial charge in [-0.1, -0.05) is 19.8 Å². The number of hydrogen-bond acceptors (Lipinski definition) is 6. The number of benzene rings is 1. The van der Waals surface area contributed by atoms with Crippen molar-refractivity contribution in [3.05, 3.63) is 30.0 Å². The van der Waals surface area contributed by atoms with E-state index < -0.39 is 10.0 Å². The molecule has 1 fully saturated rings. The molecule has 1 N–H and O–H groups in total. The second kappa shape index (κ2) is 8.55. The zero-order chi connectivity index (χ0) is 19.3. The van der Waals surface area contributed by atoms with Crippen molar-refractivity contribution in [3.8, 4) is 17.5 Å². The molecule has 0 amide bonds. The summed E-state index contributed by atoms with van der Waals surface area (Å²) in [6.07, 6.45) is 4.87. The molecule has 0 radical (unpaired) electrons. The number of aromatic nitrogens is 1. The maximum Gasteiger partial charge on any atom is 0.243 e. The molecule has 0 saturated carbocycles. The molecule has 1 aliphatic rings. The third kappa shape index (κ3) is 4.31. The molecular weight excluding hydrogens is 364 g/mol. The Morgan fingerprint density at radius 2 is 1.93 bits per heavy atom. The van der Waals surface area contributed by atoms with Crippen molar-refractivity contribution in [2.45, 2.75) is 43.9 Å². The number of piperidine rings is 1. The summed E-state index contributed by atoms with van der Waals surface area (Å²) >= 11 is 0. The van der Waals surface area contributed by atoms with E-state index in [4.69, 9.17) is 4.42 Å². The fourth-order valence-electron chi connectivity index (χ4n) is 3.04. The Morgan fingerprint density at radius 3 is 2.56 bits per heavy atom. The van der Waals surface area contributed by atoms with Crippen LogP contribution < -0.4 is 5.32 Å². The van der Waals surface area contributed by atoms with Gasteiger partial charge in [-0.05, 0) is 43.5 Å². The van der Waals surface area contributed by atoms with E-state index in [9.17, 15) is 13.7 Å². The molecule has 27 heavy (non-hydrogen) atoms. The third-order valence-electron chi connectivity index (χ3n) is 4.60. The van der Waals surface area contributed by atoms with Crippen molar-refractivity contribution < 1.29 is 12.8 Å². The Bertz CT molecular complexity index is 907. The van der Waals surface area contributed by atoms with Crippen LogP contribution in [0.15, 0.2) is 33.6 Å². The SMILES string of the molecule is CCCCNc1oc(-c2ccc(S(=O)(=O)N3CCCCC3)cc2)nc1C#N. The molecule has 144 valence electrons. The van der Waals surface area contributed by atoms with Crippen LogP contribution in [0.1, 0.15) is 44.7 Å². The summed E-state index contributed by atoms with van der Waals surface area (Å²) in [4.78, 5) is 4.47. The first kappa shape index (κ1) is 19.4. The molecule has 3 rings (SSSR count). The van der Waals surface area contributed by atoms with Gasteiger partial charge in [0, 0.05) is 25.2 Å². The smallest absolute Gasteiger partial charge is 0.243 e. The highest BCUT2D eigenvalue weighted by Crippen LogP contribution is 2.27. The van der Waals surface area contributed by atoms with E-state index in [2.05, 4.69) is 17.2 Å². The molecule has 7 nitrogen and oxygen atoms in total. The van der Waals surface area contributed by atoms with Gasteiger partial charge in [-0.25, -0.2) is 8.42 Å². The normalized spacial score (nSPS) is 15.4. The second-order valence-electron chi connectivity index (χ2n) is 6.58. The lowest BCUT2D eigenvalue weighted by Gasteiger charge is -2.25. The fraction of sp³-hybridized carbons (Fsp3) is 0.474. The first-order valence-corrected chi connectivity index (χ1v) is 10.8. The van der Waals surface area contributed by atoms with Crippen molar-refractivity contribution >= 4 is 15.9 Å². The van der Waals surface area contributed by atoms with E-state index in [1.807, 2.05) is 6.07 Å². The van der Waals surface area contributed by atoms with Crippen LogP contribution in [0.4, 0.5) is 5.88 Å². The van der Waals surface area contributed by atoms with E-state index in [1.165, 1.54) is 0 Å². The highest BCUT2D eigenvalue weighted by Gasteiger charge is 2.26. The van der Waals surface area contributed by atoms with Crippen LogP contribution in [0.5, 0.6) is 0 Å². The van der Waals surface area contributed by atoms with E-state index in [0.717, 1.165) is 32.1 Å². The zero-order valence-electron chi connectivity index (χ0n) is 15.4. The minimum Gasteiger partial charge on any atom is -0.419 e. The van der Waals surface area contributed by atoms with Gasteiger partial charge >= 0.3 is 0 Å². The molecule has 0 unspecified atom stereocenters. The van der Waals surface area contributed by atoms with E-state index in [-0.39, 0.29) is 10.6 Å². The molecule has 1 saturated heterocycles. The summed E-state index contributed by atoms with van der Waals surface area (Å²) < 4.78 is 32.7. The summed E-state index contributed by atoms with van der Waals surface area (Å²) in [6, 6.07) is 8.49. The van der Waals surface area contributed by atoms with E-state index in [1.54, 1.807) is 28.6 Å². The average Bonchev–Trinajstić information content (AvgIpc) is 3.12. The van der Waals surface area contributed by atoms with Gasteiger partial charge in [0.15, 0.2) is 0 Å². The maximum absolute atomic E-state index is 12.7. The number of hydrogen-bond donors (Lipinski definition) is 1. The van der Waals surface area contributed by atoms with Crippen molar-refractivity contribution in [1.29, 1.82) is 5.26 Å². The molecule has 1 aromatic carbocycles. The van der Waals surface area contributed by atoms with Crippen LogP contribution in [0.2, 0.25) is 0 Å². The molecule has 2 aromatic rings. The molecule has 0 aliphatic carbocycles. The summed E-state index contributed by atoms with van der Waals surface area (Å²) in [5.74, 6) is 0.651. The fourth-order valence-corrected chi connectivity index (χ4v) is 4.56. The Morgan fingerprint density at radius 1 is 1.22 bits per heavy atom. The van der Waals surface area contributed by atoms with Gasteiger partial charge in [0.2, 0.25) is 27.5 Å². The molecule has 0 atom stereocenters. The summed E-state index contributed by atoms with van der Waals surface area (Å²) in [6.45, 7) is 3.93. The minimum atomic E-state index is -3.47. The van der Waals surface area contributed by atoms with Gasteiger partial charge in [-0.15, -0.1) is 0 Å². The summed E-state index contributed by atoms with van der Waals surface area (Å²) in [5, 5.41) is 12.3. The van der Waals surface area contributed by atoms with Crippen LogP contribution in [0.3, 0.4) is 0 Å². The minimum absolute atomic E-state index is 0.200. The Labute approximate surface area is 160 Å². The Hall–Kier alpha value is -2.37. The van der Waals surface area contributed by atoms with Gasteiger partial charge in [0.25, 0.3) is 0 Å². The van der Waals surface area contributed by atoms with Crippen molar-refractivity contribution in [2.75, 3.05) is 25.0 Å². The number of oxazole rings is 1. The topological polar surface area (TPSA) is 99.2 Å². The molecule has 8 heteroatoms. The van der Waals surface area contributed by atoms with Crippen LogP contribution >= 0.6 is 0 Å². The highest BCUT2D eigenvalue weighted by atomic mass is 32.2. The number of nitriles is 1. The lowest BCUT2D eigenvalue weighted by atomic mass is 10.2. The molecule has 0 bridgehead atoms. The first-order valence-electron chi connectivity index (χ1n) is 9.31. The predicted molar refractivity (Wildman–Crippen MR) is 103 cm³/mol. The summed E-state index contributed by atoms with van der Waals surface area (Å²) in [7, 11) is -3.47. The van der Waals surface area contributed by atoms with E-state index in [0.29, 0.717) is 37.0 Å². The van der Waals surface area contributed by atoms with Gasteiger partial charge in [0.1, 0.15) is 6.07 Å². The average molecular weight is 388 g/mol. The first-order chi connectivity index (χ1) is 13.1. The molecule has 1 aromatic heterocycles. The standard InChI is InChI=1S/C19H24N4O3S/c1-2-3-11-21-19-17(14-20)22-18(26-19)15-7-9-16(10-8-15)27(24,25)23-12-5-4-6-13-23/h7-10,21H,2-6,11-13H2,1H3. The van der Waals surface area contributed by atoms with Crippen LogP contribution in [-0.2, 0) is 10.0 Å². The van der Waals surface area contributed by atoms with Crippen molar-refractivity contribution in [2.24, 2.45) is 0 Å². The lowest BCUT2D eigenvalue weighted by molar-refractivity contribution is 0.346. The Kier molecular flexibility index (Phi) is 6.14.